The third kappa shape index (κ3) is 3.47. The van der Waals surface area contributed by atoms with Crippen LogP contribution in [0.1, 0.15) is 33.4 Å². The van der Waals surface area contributed by atoms with E-state index in [0.717, 1.165) is 5.69 Å². The van der Waals surface area contributed by atoms with Gasteiger partial charge in [0, 0.05) is 11.2 Å². The second-order valence-corrected chi connectivity index (χ2v) is 8.51. The minimum Gasteiger partial charge on any atom is -0.298 e. The van der Waals surface area contributed by atoms with Gasteiger partial charge in [0.15, 0.2) is 9.84 Å². The maximum Gasteiger partial charge on any atom is 0.281 e. The number of nitrogens with zero attached hydrogens (tertiary/aromatic N) is 1. The minimum absolute atomic E-state index is 0.0278. The van der Waals surface area contributed by atoms with Gasteiger partial charge >= 0.3 is 0 Å². The van der Waals surface area contributed by atoms with Crippen molar-refractivity contribution in [3.63, 3.8) is 0 Å². The number of rotatable bonds is 4. The first-order chi connectivity index (χ1) is 8.08. The van der Waals surface area contributed by atoms with E-state index in [2.05, 4.69) is 21.0 Å². The Labute approximate surface area is 116 Å². The summed E-state index contributed by atoms with van der Waals surface area (Å²) >= 11 is 3.26. The van der Waals surface area contributed by atoms with Crippen molar-refractivity contribution in [2.75, 3.05) is 11.5 Å². The number of aromatic nitrogens is 2. The zero-order chi connectivity index (χ0) is 14.1. The standard InChI is InChI=1S/C11H19BrN2O3S/c1-5-18(16,17)7-6-14-10(15)8(12)9(13-14)11(2,3)4/h13H,5-7H2,1-4H3. The lowest BCUT2D eigenvalue weighted by Gasteiger charge is -2.16. The molecule has 1 heterocycles. The zero-order valence-corrected chi connectivity index (χ0v) is 13.5. The first kappa shape index (κ1) is 15.5. The van der Waals surface area contributed by atoms with Crippen LogP contribution in [-0.2, 0) is 21.8 Å². The summed E-state index contributed by atoms with van der Waals surface area (Å²) in [5.41, 5.74) is 0.361. The molecule has 5 nitrogen and oxygen atoms in total. The van der Waals surface area contributed by atoms with Gasteiger partial charge in [-0.2, -0.15) is 0 Å². The smallest absolute Gasteiger partial charge is 0.281 e. The Hall–Kier alpha value is -0.560. The summed E-state index contributed by atoms with van der Waals surface area (Å²) in [6.45, 7) is 7.70. The molecule has 104 valence electrons. The maximum absolute atomic E-state index is 11.9. The molecule has 0 bridgehead atoms. The molecule has 0 aliphatic rings. The molecule has 18 heavy (non-hydrogen) atoms. The molecule has 0 fully saturated rings. The van der Waals surface area contributed by atoms with Crippen LogP contribution in [0.25, 0.3) is 0 Å². The van der Waals surface area contributed by atoms with E-state index >= 15 is 0 Å². The van der Waals surface area contributed by atoms with Crippen LogP contribution in [0, 0.1) is 0 Å². The van der Waals surface area contributed by atoms with E-state index in [4.69, 9.17) is 0 Å². The molecule has 0 aromatic carbocycles. The molecule has 1 N–H and O–H groups in total. The largest absolute Gasteiger partial charge is 0.298 e. The Balaban J connectivity index is 3.04. The maximum atomic E-state index is 11.9. The molecule has 0 atom stereocenters. The van der Waals surface area contributed by atoms with Gasteiger partial charge in [-0.25, -0.2) is 8.42 Å². The number of hydrogen-bond acceptors (Lipinski definition) is 3. The highest BCUT2D eigenvalue weighted by atomic mass is 79.9. The number of aryl methyl sites for hydroxylation is 1. The van der Waals surface area contributed by atoms with E-state index in [9.17, 15) is 13.2 Å². The number of aromatic amines is 1. The highest BCUT2D eigenvalue weighted by Crippen LogP contribution is 2.25. The Morgan fingerprint density at radius 2 is 1.89 bits per heavy atom. The van der Waals surface area contributed by atoms with Gasteiger partial charge in [0.05, 0.1) is 18.0 Å². The number of hydrogen-bond donors (Lipinski definition) is 1. The molecule has 1 aromatic heterocycles. The van der Waals surface area contributed by atoms with Gasteiger partial charge in [0.1, 0.15) is 4.47 Å². The van der Waals surface area contributed by atoms with Crippen LogP contribution in [0.2, 0.25) is 0 Å². The number of halogens is 1. The van der Waals surface area contributed by atoms with E-state index in [-0.39, 0.29) is 29.0 Å². The summed E-state index contributed by atoms with van der Waals surface area (Å²) in [6.07, 6.45) is 0. The first-order valence-corrected chi connectivity index (χ1v) is 8.39. The Bertz CT molecular complexity index is 578. The van der Waals surface area contributed by atoms with Crippen LogP contribution >= 0.6 is 15.9 Å². The van der Waals surface area contributed by atoms with E-state index in [0.29, 0.717) is 4.47 Å². The molecule has 0 amide bonds. The summed E-state index contributed by atoms with van der Waals surface area (Å²) in [5, 5.41) is 2.98. The van der Waals surface area contributed by atoms with Crippen molar-refractivity contribution in [2.24, 2.45) is 0 Å². The van der Waals surface area contributed by atoms with E-state index in [1.165, 1.54) is 4.68 Å². The fourth-order valence-corrected chi connectivity index (χ4v) is 3.14. The van der Waals surface area contributed by atoms with Crippen molar-refractivity contribution in [1.82, 2.24) is 9.78 Å². The number of H-pyrrole nitrogens is 1. The molecular weight excluding hydrogens is 320 g/mol. The average Bonchev–Trinajstić information content (AvgIpc) is 2.53. The Kier molecular flexibility index (Phi) is 4.48. The zero-order valence-electron chi connectivity index (χ0n) is 11.1. The van der Waals surface area contributed by atoms with Gasteiger partial charge in [-0.15, -0.1) is 0 Å². The average molecular weight is 339 g/mol. The molecule has 0 aliphatic carbocycles. The van der Waals surface area contributed by atoms with Crippen molar-refractivity contribution >= 4 is 25.8 Å². The van der Waals surface area contributed by atoms with Gasteiger partial charge in [0.25, 0.3) is 5.56 Å². The summed E-state index contributed by atoms with van der Waals surface area (Å²) in [5.74, 6) is 0.0652. The summed E-state index contributed by atoms with van der Waals surface area (Å²) in [7, 11) is -3.07. The second-order valence-electron chi connectivity index (χ2n) is 5.24. The van der Waals surface area contributed by atoms with Crippen molar-refractivity contribution < 1.29 is 8.42 Å². The van der Waals surface area contributed by atoms with Crippen LogP contribution in [0.5, 0.6) is 0 Å². The normalized spacial score (nSPS) is 12.9. The van der Waals surface area contributed by atoms with Crippen molar-refractivity contribution in [3.05, 3.63) is 20.5 Å². The summed E-state index contributed by atoms with van der Waals surface area (Å²) < 4.78 is 24.7. The van der Waals surface area contributed by atoms with Gasteiger partial charge in [0.2, 0.25) is 0 Å². The molecule has 1 rings (SSSR count). The fraction of sp³-hybridized carbons (Fsp3) is 0.727. The van der Waals surface area contributed by atoms with Crippen molar-refractivity contribution in [3.8, 4) is 0 Å². The SMILES string of the molecule is CCS(=O)(=O)CCn1[nH]c(C(C)(C)C)c(Br)c1=O. The lowest BCUT2D eigenvalue weighted by molar-refractivity contribution is 0.533. The predicted octanol–water partition coefficient (Wildman–Crippen LogP) is 1.67. The highest BCUT2D eigenvalue weighted by molar-refractivity contribution is 9.10. The molecular formula is C11H19BrN2O3S. The molecule has 0 spiro atoms. The highest BCUT2D eigenvalue weighted by Gasteiger charge is 2.23. The van der Waals surface area contributed by atoms with Crippen molar-refractivity contribution in [1.29, 1.82) is 0 Å². The summed E-state index contributed by atoms with van der Waals surface area (Å²) in [6, 6.07) is 0. The lowest BCUT2D eigenvalue weighted by Crippen LogP contribution is -2.23. The van der Waals surface area contributed by atoms with E-state index < -0.39 is 9.84 Å². The molecule has 0 radical (unpaired) electrons. The van der Waals surface area contributed by atoms with Gasteiger partial charge < -0.3 is 0 Å². The molecule has 0 aliphatic heterocycles. The van der Waals surface area contributed by atoms with Crippen LogP contribution < -0.4 is 5.56 Å². The van der Waals surface area contributed by atoms with E-state index in [1.807, 2.05) is 20.8 Å². The minimum atomic E-state index is -3.07. The van der Waals surface area contributed by atoms with Crippen LogP contribution in [-0.4, -0.2) is 29.7 Å². The monoisotopic (exact) mass is 338 g/mol. The number of nitrogens with one attached hydrogen (secondary N) is 1. The second kappa shape index (κ2) is 5.21. The van der Waals surface area contributed by atoms with Gasteiger partial charge in [-0.05, 0) is 15.9 Å². The number of sulfone groups is 1. The van der Waals surface area contributed by atoms with Crippen LogP contribution in [0.3, 0.4) is 0 Å². The molecule has 0 saturated heterocycles. The molecule has 1 aromatic rings. The predicted molar refractivity (Wildman–Crippen MR) is 75.8 cm³/mol. The summed E-state index contributed by atoms with van der Waals surface area (Å²) in [4.78, 5) is 11.9. The third-order valence-corrected chi connectivity index (χ3v) is 5.13. The van der Waals surface area contributed by atoms with E-state index in [1.54, 1.807) is 6.92 Å². The first-order valence-electron chi connectivity index (χ1n) is 5.77. The van der Waals surface area contributed by atoms with Crippen LogP contribution in [0.15, 0.2) is 9.27 Å². The van der Waals surface area contributed by atoms with Crippen molar-refractivity contribution in [2.45, 2.75) is 39.7 Å². The van der Waals surface area contributed by atoms with Gasteiger partial charge in [-0.1, -0.05) is 27.7 Å². The Morgan fingerprint density at radius 1 is 1.33 bits per heavy atom. The lowest BCUT2D eigenvalue weighted by atomic mass is 9.93. The third-order valence-electron chi connectivity index (χ3n) is 2.71. The fourth-order valence-electron chi connectivity index (χ4n) is 1.49. The van der Waals surface area contributed by atoms with Crippen LogP contribution in [0.4, 0.5) is 0 Å². The van der Waals surface area contributed by atoms with Gasteiger partial charge in [-0.3, -0.25) is 14.6 Å². The molecule has 7 heteroatoms. The molecule has 0 unspecified atom stereocenters. The quantitative estimate of drug-likeness (QED) is 0.907. The molecule has 0 saturated carbocycles. The Morgan fingerprint density at radius 3 is 2.28 bits per heavy atom. The topological polar surface area (TPSA) is 71.9 Å².